The van der Waals surface area contributed by atoms with Gasteiger partial charge in [0, 0.05) is 28.9 Å². The van der Waals surface area contributed by atoms with Crippen molar-refractivity contribution >= 4 is 34.8 Å². The minimum Gasteiger partial charge on any atom is -0.484 e. The Kier molecular flexibility index (Phi) is 6.21. The maximum Gasteiger partial charge on any atom is 0.262 e. The van der Waals surface area contributed by atoms with E-state index in [9.17, 15) is 9.59 Å². The standard InChI is InChI=1S/C18H19ClN2O3/c1-3-17(22)20-13-5-4-6-15(9-13)24-11-18(23)21-14-8-7-12(2)16(19)10-14/h4-10H,3,11H2,1-2H3,(H,20,22)(H,21,23). The molecule has 2 N–H and O–H groups in total. The molecule has 0 fully saturated rings. The lowest BCUT2D eigenvalue weighted by molar-refractivity contribution is -0.118. The van der Waals surface area contributed by atoms with E-state index in [0.717, 1.165) is 5.56 Å². The van der Waals surface area contributed by atoms with Crippen molar-refractivity contribution in [2.24, 2.45) is 0 Å². The molecule has 6 heteroatoms. The maximum atomic E-state index is 11.9. The van der Waals surface area contributed by atoms with Crippen LogP contribution in [0.4, 0.5) is 11.4 Å². The molecule has 2 rings (SSSR count). The smallest absolute Gasteiger partial charge is 0.262 e. The van der Waals surface area contributed by atoms with Crippen molar-refractivity contribution in [1.82, 2.24) is 0 Å². The van der Waals surface area contributed by atoms with Gasteiger partial charge >= 0.3 is 0 Å². The predicted molar refractivity (Wildman–Crippen MR) is 95.7 cm³/mol. The van der Waals surface area contributed by atoms with Crippen LogP contribution in [0.1, 0.15) is 18.9 Å². The first kappa shape index (κ1) is 17.8. The molecule has 0 saturated carbocycles. The fourth-order valence-electron chi connectivity index (χ4n) is 1.93. The van der Waals surface area contributed by atoms with Gasteiger partial charge in [-0.3, -0.25) is 9.59 Å². The summed E-state index contributed by atoms with van der Waals surface area (Å²) in [5, 5.41) is 6.05. The molecule has 0 aromatic heterocycles. The highest BCUT2D eigenvalue weighted by molar-refractivity contribution is 6.31. The molecule has 0 atom stereocenters. The summed E-state index contributed by atoms with van der Waals surface area (Å²) in [6.45, 7) is 3.52. The summed E-state index contributed by atoms with van der Waals surface area (Å²) in [5.41, 5.74) is 2.19. The van der Waals surface area contributed by atoms with Crippen LogP contribution >= 0.6 is 11.6 Å². The van der Waals surface area contributed by atoms with E-state index < -0.39 is 0 Å². The van der Waals surface area contributed by atoms with E-state index in [0.29, 0.717) is 28.6 Å². The van der Waals surface area contributed by atoms with E-state index in [1.807, 2.05) is 13.0 Å². The zero-order valence-corrected chi connectivity index (χ0v) is 14.3. The topological polar surface area (TPSA) is 67.4 Å². The van der Waals surface area contributed by atoms with Gasteiger partial charge in [-0.25, -0.2) is 0 Å². The molecule has 2 aromatic carbocycles. The molecule has 5 nitrogen and oxygen atoms in total. The highest BCUT2D eigenvalue weighted by atomic mass is 35.5. The van der Waals surface area contributed by atoms with Crippen LogP contribution in [0.15, 0.2) is 42.5 Å². The van der Waals surface area contributed by atoms with Gasteiger partial charge in [0.05, 0.1) is 0 Å². The first-order chi connectivity index (χ1) is 11.5. The molecule has 0 saturated heterocycles. The largest absolute Gasteiger partial charge is 0.484 e. The molecule has 0 heterocycles. The van der Waals surface area contributed by atoms with Crippen LogP contribution in [0.3, 0.4) is 0 Å². The van der Waals surface area contributed by atoms with Gasteiger partial charge < -0.3 is 15.4 Å². The van der Waals surface area contributed by atoms with Gasteiger partial charge in [0.15, 0.2) is 6.61 Å². The van der Waals surface area contributed by atoms with Crippen LogP contribution < -0.4 is 15.4 Å². The minimum absolute atomic E-state index is 0.0823. The number of halogens is 1. The molecule has 2 aromatic rings. The van der Waals surface area contributed by atoms with Crippen LogP contribution in [-0.2, 0) is 9.59 Å². The SMILES string of the molecule is CCC(=O)Nc1cccc(OCC(=O)Nc2ccc(C)c(Cl)c2)c1. The zero-order chi connectivity index (χ0) is 17.5. The Hall–Kier alpha value is -2.53. The number of ether oxygens (including phenoxy) is 1. The summed E-state index contributed by atoms with van der Waals surface area (Å²) in [5.74, 6) is 0.125. The van der Waals surface area contributed by atoms with E-state index >= 15 is 0 Å². The summed E-state index contributed by atoms with van der Waals surface area (Å²) in [4.78, 5) is 23.3. The summed E-state index contributed by atoms with van der Waals surface area (Å²) in [6.07, 6.45) is 0.395. The van der Waals surface area contributed by atoms with E-state index in [-0.39, 0.29) is 18.4 Å². The van der Waals surface area contributed by atoms with Crippen LogP contribution in [0, 0.1) is 6.92 Å². The molecule has 0 bridgehead atoms. The summed E-state index contributed by atoms with van der Waals surface area (Å²) >= 11 is 6.02. The lowest BCUT2D eigenvalue weighted by Gasteiger charge is -2.10. The van der Waals surface area contributed by atoms with Gasteiger partial charge in [-0.2, -0.15) is 0 Å². The molecule has 0 aliphatic rings. The molecule has 24 heavy (non-hydrogen) atoms. The summed E-state index contributed by atoms with van der Waals surface area (Å²) in [6, 6.07) is 12.2. The van der Waals surface area contributed by atoms with Crippen molar-refractivity contribution in [3.05, 3.63) is 53.1 Å². The average molecular weight is 347 g/mol. The number of anilines is 2. The number of carbonyl (C=O) groups excluding carboxylic acids is 2. The number of nitrogens with one attached hydrogen (secondary N) is 2. The molecule has 0 aliphatic heterocycles. The van der Waals surface area contributed by atoms with Crippen molar-refractivity contribution in [1.29, 1.82) is 0 Å². The van der Waals surface area contributed by atoms with E-state index in [1.54, 1.807) is 43.3 Å². The van der Waals surface area contributed by atoms with Crippen LogP contribution in [-0.4, -0.2) is 18.4 Å². The van der Waals surface area contributed by atoms with Gasteiger partial charge in [-0.15, -0.1) is 0 Å². The average Bonchev–Trinajstić information content (AvgIpc) is 2.56. The zero-order valence-electron chi connectivity index (χ0n) is 13.6. The van der Waals surface area contributed by atoms with Gasteiger partial charge in [-0.1, -0.05) is 30.7 Å². The second-order valence-corrected chi connectivity index (χ2v) is 5.64. The quantitative estimate of drug-likeness (QED) is 0.830. The van der Waals surface area contributed by atoms with Gasteiger partial charge in [0.1, 0.15) is 5.75 Å². The third-order valence-electron chi connectivity index (χ3n) is 3.26. The first-order valence-electron chi connectivity index (χ1n) is 7.56. The van der Waals surface area contributed by atoms with Gasteiger partial charge in [0.2, 0.25) is 5.91 Å². The Balaban J connectivity index is 1.90. The van der Waals surface area contributed by atoms with Crippen molar-refractivity contribution in [3.8, 4) is 5.75 Å². The van der Waals surface area contributed by atoms with Crippen molar-refractivity contribution in [3.63, 3.8) is 0 Å². The second kappa shape index (κ2) is 8.36. The second-order valence-electron chi connectivity index (χ2n) is 5.23. The van der Waals surface area contributed by atoms with E-state index in [2.05, 4.69) is 10.6 Å². The third kappa shape index (κ3) is 5.28. The van der Waals surface area contributed by atoms with Crippen molar-refractivity contribution in [2.45, 2.75) is 20.3 Å². The normalized spacial score (nSPS) is 10.1. The molecule has 126 valence electrons. The minimum atomic E-state index is -0.294. The Morgan fingerprint density at radius 2 is 1.75 bits per heavy atom. The number of hydrogen-bond donors (Lipinski definition) is 2. The number of rotatable bonds is 6. The molecule has 0 radical (unpaired) electrons. The fourth-order valence-corrected chi connectivity index (χ4v) is 2.11. The monoisotopic (exact) mass is 346 g/mol. The van der Waals surface area contributed by atoms with Crippen LogP contribution in [0.25, 0.3) is 0 Å². The highest BCUT2D eigenvalue weighted by Crippen LogP contribution is 2.20. The number of amides is 2. The van der Waals surface area contributed by atoms with Crippen molar-refractivity contribution in [2.75, 3.05) is 17.2 Å². The molecule has 2 amide bonds. The molecule has 0 aliphatic carbocycles. The molecule has 0 spiro atoms. The Bertz CT molecular complexity index is 747. The first-order valence-corrected chi connectivity index (χ1v) is 7.94. The fraction of sp³-hybridized carbons (Fsp3) is 0.222. The number of carbonyl (C=O) groups is 2. The van der Waals surface area contributed by atoms with Crippen molar-refractivity contribution < 1.29 is 14.3 Å². The highest BCUT2D eigenvalue weighted by Gasteiger charge is 2.06. The lowest BCUT2D eigenvalue weighted by atomic mass is 10.2. The summed E-state index contributed by atoms with van der Waals surface area (Å²) in [7, 11) is 0. The van der Waals surface area contributed by atoms with E-state index in [4.69, 9.17) is 16.3 Å². The third-order valence-corrected chi connectivity index (χ3v) is 3.67. The number of benzene rings is 2. The summed E-state index contributed by atoms with van der Waals surface area (Å²) < 4.78 is 5.45. The molecular weight excluding hydrogens is 328 g/mol. The number of hydrogen-bond acceptors (Lipinski definition) is 3. The molecule has 0 unspecified atom stereocenters. The molecular formula is C18H19ClN2O3. The lowest BCUT2D eigenvalue weighted by Crippen LogP contribution is -2.20. The van der Waals surface area contributed by atoms with E-state index in [1.165, 1.54) is 0 Å². The maximum absolute atomic E-state index is 11.9. The van der Waals surface area contributed by atoms with Crippen LogP contribution in [0.2, 0.25) is 5.02 Å². The van der Waals surface area contributed by atoms with Gasteiger partial charge in [0.25, 0.3) is 5.91 Å². The number of aryl methyl sites for hydroxylation is 1. The Morgan fingerprint density at radius 1 is 1.04 bits per heavy atom. The Labute approximate surface area is 146 Å². The Morgan fingerprint density at radius 3 is 2.46 bits per heavy atom. The van der Waals surface area contributed by atoms with Gasteiger partial charge in [-0.05, 0) is 36.8 Å². The van der Waals surface area contributed by atoms with Crippen LogP contribution in [0.5, 0.6) is 5.75 Å². The predicted octanol–water partition coefficient (Wildman–Crippen LogP) is 4.01.